The topological polar surface area (TPSA) is 44.8 Å². The molecule has 0 amide bonds. The van der Waals surface area contributed by atoms with Crippen LogP contribution in [0.3, 0.4) is 0 Å². The average molecular weight is 220 g/mol. The van der Waals surface area contributed by atoms with Crippen molar-refractivity contribution in [2.45, 2.75) is 26.4 Å². The molecule has 0 atom stereocenters. The second-order valence-corrected chi connectivity index (χ2v) is 4.20. The van der Waals surface area contributed by atoms with E-state index in [1.165, 1.54) is 0 Å². The van der Waals surface area contributed by atoms with Crippen molar-refractivity contribution >= 4 is 0 Å². The molecule has 5 heteroatoms. The first-order valence-corrected chi connectivity index (χ1v) is 5.33. The normalized spacial score (nSPS) is 11.2. The third-order valence-electron chi connectivity index (χ3n) is 2.54. The summed E-state index contributed by atoms with van der Waals surface area (Å²) < 4.78 is 5.09. The Labute approximate surface area is 93.9 Å². The summed E-state index contributed by atoms with van der Waals surface area (Å²) in [5.41, 5.74) is 0.890. The van der Waals surface area contributed by atoms with Gasteiger partial charge in [0, 0.05) is 31.7 Å². The van der Waals surface area contributed by atoms with E-state index in [0.717, 1.165) is 5.69 Å². The molecule has 0 aliphatic heterocycles. The lowest BCUT2D eigenvalue weighted by Gasteiger charge is -2.03. The quantitative estimate of drug-likeness (QED) is 0.775. The molecule has 5 nitrogen and oxygen atoms in total. The fourth-order valence-electron chi connectivity index (χ4n) is 1.55. The van der Waals surface area contributed by atoms with Gasteiger partial charge < -0.3 is 4.57 Å². The summed E-state index contributed by atoms with van der Waals surface area (Å²) in [5, 5.41) is 4.40. The van der Waals surface area contributed by atoms with E-state index >= 15 is 0 Å². The first-order valence-electron chi connectivity index (χ1n) is 5.33. The largest absolute Gasteiger partial charge is 0.328 e. The summed E-state index contributed by atoms with van der Waals surface area (Å²) in [6, 6.07) is 2.29. The molecule has 2 rings (SSSR count). The molecule has 0 aromatic carbocycles. The van der Waals surface area contributed by atoms with E-state index in [4.69, 9.17) is 0 Å². The first kappa shape index (κ1) is 10.7. The van der Waals surface area contributed by atoms with Gasteiger partial charge >= 0.3 is 5.69 Å². The van der Waals surface area contributed by atoms with Gasteiger partial charge in [-0.25, -0.2) is 4.79 Å². The van der Waals surface area contributed by atoms with Crippen LogP contribution in [0.2, 0.25) is 0 Å². The maximum absolute atomic E-state index is 11.6. The predicted octanol–water partition coefficient (Wildman–Crippen LogP) is 1.01. The van der Waals surface area contributed by atoms with Gasteiger partial charge in [0.2, 0.25) is 0 Å². The number of aromatic nitrogens is 4. The molecule has 0 aliphatic rings. The van der Waals surface area contributed by atoms with Crippen molar-refractivity contribution in [3.63, 3.8) is 0 Å². The maximum atomic E-state index is 11.6. The second-order valence-electron chi connectivity index (χ2n) is 4.20. The molecule has 2 aromatic rings. The zero-order valence-corrected chi connectivity index (χ0v) is 9.79. The van der Waals surface area contributed by atoms with E-state index in [1.807, 2.05) is 16.9 Å². The van der Waals surface area contributed by atoms with Crippen molar-refractivity contribution in [2.24, 2.45) is 7.05 Å². The van der Waals surface area contributed by atoms with Crippen LogP contribution in [0, 0.1) is 0 Å². The number of aryl methyl sites for hydroxylation is 1. The third kappa shape index (κ3) is 1.93. The van der Waals surface area contributed by atoms with Gasteiger partial charge in [-0.3, -0.25) is 9.25 Å². The molecule has 0 fully saturated rings. The first-order chi connectivity index (χ1) is 7.58. The van der Waals surface area contributed by atoms with Gasteiger partial charge in [-0.2, -0.15) is 5.10 Å². The summed E-state index contributed by atoms with van der Waals surface area (Å²) in [6.45, 7) is 4.68. The van der Waals surface area contributed by atoms with Gasteiger partial charge in [0.25, 0.3) is 0 Å². The lowest BCUT2D eigenvalue weighted by atomic mass is 10.4. The van der Waals surface area contributed by atoms with Crippen LogP contribution in [0.5, 0.6) is 0 Å². The Morgan fingerprint density at radius 3 is 2.56 bits per heavy atom. The molecule has 0 radical (unpaired) electrons. The zero-order valence-electron chi connectivity index (χ0n) is 9.79. The van der Waals surface area contributed by atoms with Gasteiger partial charge in [-0.15, -0.1) is 0 Å². The van der Waals surface area contributed by atoms with Gasteiger partial charge in [0.05, 0.1) is 12.2 Å². The van der Waals surface area contributed by atoms with Crippen molar-refractivity contribution in [3.05, 3.63) is 40.8 Å². The van der Waals surface area contributed by atoms with Crippen molar-refractivity contribution in [1.29, 1.82) is 0 Å². The van der Waals surface area contributed by atoms with E-state index in [1.54, 1.807) is 28.6 Å². The average Bonchev–Trinajstić information content (AvgIpc) is 2.81. The fraction of sp³-hybridized carbons (Fsp3) is 0.455. The SMILES string of the molecule is CC(C)n1ccc(Cn2ccn(C)c2=O)n1. The molecular formula is C11H16N4O. The summed E-state index contributed by atoms with van der Waals surface area (Å²) in [5.74, 6) is 0. The van der Waals surface area contributed by atoms with Crippen molar-refractivity contribution in [1.82, 2.24) is 18.9 Å². The molecule has 2 heterocycles. The Bertz CT molecular complexity index is 532. The molecule has 0 unspecified atom stereocenters. The fourth-order valence-corrected chi connectivity index (χ4v) is 1.55. The van der Waals surface area contributed by atoms with E-state index < -0.39 is 0 Å². The number of hydrogen-bond donors (Lipinski definition) is 0. The van der Waals surface area contributed by atoms with Crippen LogP contribution < -0.4 is 5.69 Å². The Balaban J connectivity index is 2.21. The highest BCUT2D eigenvalue weighted by atomic mass is 16.1. The van der Waals surface area contributed by atoms with Crippen LogP contribution in [0.15, 0.2) is 29.5 Å². The van der Waals surface area contributed by atoms with E-state index in [2.05, 4.69) is 18.9 Å². The molecule has 0 spiro atoms. The second kappa shape index (κ2) is 4.00. The minimum absolute atomic E-state index is 0.0147. The van der Waals surface area contributed by atoms with E-state index in [-0.39, 0.29) is 5.69 Å². The lowest BCUT2D eigenvalue weighted by molar-refractivity contribution is 0.522. The molecule has 0 saturated carbocycles. The smallest absolute Gasteiger partial charge is 0.302 e. The highest BCUT2D eigenvalue weighted by Crippen LogP contribution is 2.04. The highest BCUT2D eigenvalue weighted by molar-refractivity contribution is 5.01. The maximum Gasteiger partial charge on any atom is 0.328 e. The number of nitrogens with zero attached hydrogens (tertiary/aromatic N) is 4. The van der Waals surface area contributed by atoms with Crippen molar-refractivity contribution < 1.29 is 0 Å². The Morgan fingerprint density at radius 2 is 2.06 bits per heavy atom. The van der Waals surface area contributed by atoms with Crippen molar-refractivity contribution in [2.75, 3.05) is 0 Å². The Morgan fingerprint density at radius 1 is 1.31 bits per heavy atom. The number of hydrogen-bond acceptors (Lipinski definition) is 2. The van der Waals surface area contributed by atoms with E-state index in [0.29, 0.717) is 12.6 Å². The van der Waals surface area contributed by atoms with Crippen LogP contribution >= 0.6 is 0 Å². The van der Waals surface area contributed by atoms with E-state index in [9.17, 15) is 4.79 Å². The summed E-state index contributed by atoms with van der Waals surface area (Å²) in [4.78, 5) is 11.6. The standard InChI is InChI=1S/C11H16N4O/c1-9(2)15-5-4-10(12-15)8-14-7-6-13(3)11(14)16/h4-7,9H,8H2,1-3H3. The van der Waals surface area contributed by atoms with Gasteiger partial charge in [0.15, 0.2) is 0 Å². The molecule has 86 valence electrons. The third-order valence-corrected chi connectivity index (χ3v) is 2.54. The van der Waals surface area contributed by atoms with Crippen LogP contribution in [-0.2, 0) is 13.6 Å². The number of rotatable bonds is 3. The Kier molecular flexibility index (Phi) is 2.68. The Hall–Kier alpha value is -1.78. The molecule has 16 heavy (non-hydrogen) atoms. The predicted molar refractivity (Wildman–Crippen MR) is 61.4 cm³/mol. The number of imidazole rings is 1. The lowest BCUT2D eigenvalue weighted by Crippen LogP contribution is -2.22. The van der Waals surface area contributed by atoms with Crippen LogP contribution in [0.25, 0.3) is 0 Å². The summed E-state index contributed by atoms with van der Waals surface area (Å²) >= 11 is 0. The van der Waals surface area contributed by atoms with Gasteiger partial charge in [0.1, 0.15) is 0 Å². The summed E-state index contributed by atoms with van der Waals surface area (Å²) in [6.07, 6.45) is 5.46. The van der Waals surface area contributed by atoms with Crippen LogP contribution in [-0.4, -0.2) is 18.9 Å². The van der Waals surface area contributed by atoms with Crippen LogP contribution in [0.4, 0.5) is 0 Å². The zero-order chi connectivity index (χ0) is 11.7. The molecular weight excluding hydrogens is 204 g/mol. The molecule has 2 aromatic heterocycles. The van der Waals surface area contributed by atoms with Gasteiger partial charge in [-0.05, 0) is 19.9 Å². The highest BCUT2D eigenvalue weighted by Gasteiger charge is 2.05. The molecule has 0 aliphatic carbocycles. The summed E-state index contributed by atoms with van der Waals surface area (Å²) in [7, 11) is 1.74. The monoisotopic (exact) mass is 220 g/mol. The molecule has 0 saturated heterocycles. The molecule has 0 bridgehead atoms. The van der Waals surface area contributed by atoms with Crippen LogP contribution in [0.1, 0.15) is 25.6 Å². The van der Waals surface area contributed by atoms with Crippen molar-refractivity contribution in [3.8, 4) is 0 Å². The minimum atomic E-state index is -0.0147. The van der Waals surface area contributed by atoms with Gasteiger partial charge in [-0.1, -0.05) is 0 Å². The minimum Gasteiger partial charge on any atom is -0.302 e. The molecule has 0 N–H and O–H groups in total.